The van der Waals surface area contributed by atoms with Crippen molar-refractivity contribution in [1.82, 2.24) is 9.97 Å². The number of nitrogens with zero attached hydrogens (tertiary/aromatic N) is 2. The normalized spacial score (nSPS) is 11.0. The van der Waals surface area contributed by atoms with Gasteiger partial charge in [0.15, 0.2) is 0 Å². The summed E-state index contributed by atoms with van der Waals surface area (Å²) < 4.78 is 0. The van der Waals surface area contributed by atoms with Crippen molar-refractivity contribution in [2.75, 3.05) is 0 Å². The van der Waals surface area contributed by atoms with Crippen LogP contribution < -0.4 is 0 Å². The molecule has 0 aliphatic carbocycles. The summed E-state index contributed by atoms with van der Waals surface area (Å²) in [4.78, 5) is 10.1. The number of aromatic nitrogens is 2. The van der Waals surface area contributed by atoms with Crippen molar-refractivity contribution in [3.63, 3.8) is 0 Å². The zero-order valence-electron chi connectivity index (χ0n) is 29.7. The molecule has 0 amide bonds. The average molecular weight is 689 g/mol. The predicted octanol–water partition coefficient (Wildman–Crippen LogP) is 13.8. The highest BCUT2D eigenvalue weighted by Crippen LogP contribution is 2.35. The lowest BCUT2D eigenvalue weighted by Gasteiger charge is -2.12. The lowest BCUT2D eigenvalue weighted by molar-refractivity contribution is 1.32. The molecule has 0 spiro atoms. The maximum Gasteiger partial charge on any atom is 0.0715 e. The van der Waals surface area contributed by atoms with Crippen molar-refractivity contribution in [3.8, 4) is 89.5 Å². The molecule has 54 heavy (non-hydrogen) atoms. The van der Waals surface area contributed by atoms with Gasteiger partial charge in [-0.1, -0.05) is 188 Å². The summed E-state index contributed by atoms with van der Waals surface area (Å²) in [5.74, 6) is 0. The van der Waals surface area contributed by atoms with Gasteiger partial charge in [-0.25, -0.2) is 9.97 Å². The maximum atomic E-state index is 5.06. The highest BCUT2D eigenvalue weighted by atomic mass is 14.7. The minimum atomic E-state index is 0.965. The topological polar surface area (TPSA) is 25.8 Å². The van der Waals surface area contributed by atoms with Gasteiger partial charge in [-0.15, -0.1) is 0 Å². The van der Waals surface area contributed by atoms with E-state index in [2.05, 4.69) is 194 Å². The summed E-state index contributed by atoms with van der Waals surface area (Å²) in [6.07, 6.45) is 0. The van der Waals surface area contributed by atoms with Gasteiger partial charge in [-0.2, -0.15) is 0 Å². The summed E-state index contributed by atoms with van der Waals surface area (Å²) in [5.41, 5.74) is 17.6. The van der Waals surface area contributed by atoms with E-state index in [4.69, 9.17) is 9.97 Å². The van der Waals surface area contributed by atoms with Crippen LogP contribution >= 0.6 is 0 Å². The molecular formula is C52H36N2. The number of hydrogen-bond donors (Lipinski definition) is 0. The van der Waals surface area contributed by atoms with Gasteiger partial charge in [0.1, 0.15) is 0 Å². The van der Waals surface area contributed by atoms with E-state index in [1.54, 1.807) is 0 Å². The van der Waals surface area contributed by atoms with Gasteiger partial charge in [0.05, 0.1) is 22.8 Å². The van der Waals surface area contributed by atoms with E-state index in [9.17, 15) is 0 Å². The van der Waals surface area contributed by atoms with Gasteiger partial charge in [0, 0.05) is 22.3 Å². The Morgan fingerprint density at radius 2 is 0.407 bits per heavy atom. The molecule has 0 radical (unpaired) electrons. The molecule has 0 saturated heterocycles. The quantitative estimate of drug-likeness (QED) is 0.159. The van der Waals surface area contributed by atoms with Crippen molar-refractivity contribution >= 4 is 0 Å². The molecule has 0 fully saturated rings. The fourth-order valence-corrected chi connectivity index (χ4v) is 7.01. The van der Waals surface area contributed by atoms with E-state index >= 15 is 0 Å². The first-order chi connectivity index (χ1) is 26.7. The average Bonchev–Trinajstić information content (AvgIpc) is 3.27. The molecule has 254 valence electrons. The maximum absolute atomic E-state index is 5.06. The van der Waals surface area contributed by atoms with Crippen LogP contribution in [0.4, 0.5) is 0 Å². The molecule has 2 nitrogen and oxygen atoms in total. The van der Waals surface area contributed by atoms with Gasteiger partial charge >= 0.3 is 0 Å². The van der Waals surface area contributed by atoms with Crippen LogP contribution in [0.15, 0.2) is 218 Å². The molecule has 2 heteroatoms. The second-order valence-electron chi connectivity index (χ2n) is 13.5. The van der Waals surface area contributed by atoms with Crippen molar-refractivity contribution < 1.29 is 0 Å². The number of pyridine rings is 2. The Kier molecular flexibility index (Phi) is 8.99. The molecule has 2 heterocycles. The molecule has 0 aliphatic heterocycles. The van der Waals surface area contributed by atoms with Crippen molar-refractivity contribution in [2.45, 2.75) is 0 Å². The van der Waals surface area contributed by atoms with E-state index in [0.717, 1.165) is 67.3 Å². The van der Waals surface area contributed by atoms with Crippen LogP contribution in [0.3, 0.4) is 0 Å². The Hall–Kier alpha value is -7.16. The van der Waals surface area contributed by atoms with Gasteiger partial charge in [-0.05, 0) is 74.8 Å². The lowest BCUT2D eigenvalue weighted by Crippen LogP contribution is -1.91. The largest absolute Gasteiger partial charge is 0.248 e. The zero-order valence-corrected chi connectivity index (χ0v) is 29.7. The van der Waals surface area contributed by atoms with Gasteiger partial charge in [-0.3, -0.25) is 0 Å². The molecule has 0 aliphatic rings. The summed E-state index contributed by atoms with van der Waals surface area (Å²) >= 11 is 0. The van der Waals surface area contributed by atoms with Gasteiger partial charge < -0.3 is 0 Å². The summed E-state index contributed by atoms with van der Waals surface area (Å²) in [5, 5.41) is 0. The van der Waals surface area contributed by atoms with Crippen molar-refractivity contribution in [2.24, 2.45) is 0 Å². The Morgan fingerprint density at radius 1 is 0.167 bits per heavy atom. The van der Waals surface area contributed by atoms with Crippen LogP contribution in [0.2, 0.25) is 0 Å². The summed E-state index contributed by atoms with van der Waals surface area (Å²) in [6.45, 7) is 0. The second kappa shape index (κ2) is 14.8. The number of hydrogen-bond acceptors (Lipinski definition) is 2. The summed E-state index contributed by atoms with van der Waals surface area (Å²) in [7, 11) is 0. The fourth-order valence-electron chi connectivity index (χ4n) is 7.01. The molecule has 0 bridgehead atoms. The van der Waals surface area contributed by atoms with Gasteiger partial charge in [0.25, 0.3) is 0 Å². The first-order valence-corrected chi connectivity index (χ1v) is 18.3. The third-order valence-corrected chi connectivity index (χ3v) is 9.89. The van der Waals surface area contributed by atoms with E-state index in [-0.39, 0.29) is 0 Å². The van der Waals surface area contributed by atoms with E-state index in [1.165, 1.54) is 22.3 Å². The molecule has 0 saturated carbocycles. The van der Waals surface area contributed by atoms with Crippen LogP contribution in [0.25, 0.3) is 89.5 Å². The molecule has 0 unspecified atom stereocenters. The third kappa shape index (κ3) is 7.01. The highest BCUT2D eigenvalue weighted by Gasteiger charge is 2.12. The monoisotopic (exact) mass is 688 g/mol. The Morgan fingerprint density at radius 3 is 0.685 bits per heavy atom. The smallest absolute Gasteiger partial charge is 0.0715 e. The second-order valence-corrected chi connectivity index (χ2v) is 13.5. The molecule has 0 N–H and O–H groups in total. The van der Waals surface area contributed by atoms with E-state index in [0.29, 0.717) is 0 Å². The standard InChI is InChI=1S/C52H36N2/c1-5-14-41(15-6-1)49-33-47(34-50(53-49)42-16-7-2-8-17-42)39-28-24-37(25-29-39)45-22-13-23-46(32-45)38-26-30-40(31-27-38)48-35-51(43-18-9-3-10-19-43)54-52(36-48)44-20-11-4-12-21-44/h1-36H. The van der Waals surface area contributed by atoms with Crippen molar-refractivity contribution in [3.05, 3.63) is 218 Å². The first kappa shape index (κ1) is 32.7. The molecule has 9 aromatic rings. The van der Waals surface area contributed by atoms with E-state index < -0.39 is 0 Å². The van der Waals surface area contributed by atoms with Crippen LogP contribution in [-0.4, -0.2) is 9.97 Å². The highest BCUT2D eigenvalue weighted by molar-refractivity contribution is 5.81. The molecular weight excluding hydrogens is 653 g/mol. The SMILES string of the molecule is c1ccc(-c2cc(-c3ccc(-c4cccc(-c5ccc(-c6cc(-c7ccccc7)nc(-c7ccccc7)c6)cc5)c4)cc3)cc(-c3ccccc3)n2)cc1. The van der Waals surface area contributed by atoms with Crippen molar-refractivity contribution in [1.29, 1.82) is 0 Å². The summed E-state index contributed by atoms with van der Waals surface area (Å²) in [6, 6.07) is 77.0. The predicted molar refractivity (Wildman–Crippen MR) is 226 cm³/mol. The molecule has 9 rings (SSSR count). The Balaban J connectivity index is 1.00. The zero-order chi connectivity index (χ0) is 36.1. The lowest BCUT2D eigenvalue weighted by atomic mass is 9.95. The number of rotatable bonds is 8. The fraction of sp³-hybridized carbons (Fsp3) is 0. The third-order valence-electron chi connectivity index (χ3n) is 9.89. The Bertz CT molecular complexity index is 2350. The molecule has 2 aromatic heterocycles. The minimum absolute atomic E-state index is 0.965. The minimum Gasteiger partial charge on any atom is -0.248 e. The van der Waals surface area contributed by atoms with E-state index in [1.807, 2.05) is 24.3 Å². The first-order valence-electron chi connectivity index (χ1n) is 18.3. The van der Waals surface area contributed by atoms with Crippen LogP contribution in [0.5, 0.6) is 0 Å². The van der Waals surface area contributed by atoms with Crippen LogP contribution in [0.1, 0.15) is 0 Å². The molecule has 7 aromatic carbocycles. The van der Waals surface area contributed by atoms with Gasteiger partial charge in [0.2, 0.25) is 0 Å². The molecule has 0 atom stereocenters. The Labute approximate surface area is 316 Å². The van der Waals surface area contributed by atoms with Crippen LogP contribution in [0, 0.1) is 0 Å². The number of benzene rings is 7. The van der Waals surface area contributed by atoms with Crippen LogP contribution in [-0.2, 0) is 0 Å².